The van der Waals surface area contributed by atoms with E-state index in [-0.39, 0.29) is 0 Å². The minimum absolute atomic E-state index is 0.348. The molecule has 1 rings (SSSR count). The Bertz CT molecular complexity index is 336. The molecule has 0 heterocycles. The highest BCUT2D eigenvalue weighted by Crippen LogP contribution is 2.20. The first-order valence-electron chi connectivity index (χ1n) is 3.92. The summed E-state index contributed by atoms with van der Waals surface area (Å²) in [6, 6.07) is 8.38. The standard InChI is InChI=1S/C10H8ClO3/c1-8(13)10(11,7-12)14-9-5-3-2-4-6-9/h2-6H,1H3. The maximum Gasteiger partial charge on any atom is 0.306 e. The van der Waals surface area contributed by atoms with Crippen LogP contribution in [-0.4, -0.2) is 17.1 Å². The molecule has 1 aromatic carbocycles. The van der Waals surface area contributed by atoms with Gasteiger partial charge in [0, 0.05) is 6.92 Å². The van der Waals surface area contributed by atoms with Gasteiger partial charge in [0.15, 0.2) is 5.78 Å². The quantitative estimate of drug-likeness (QED) is 0.563. The fourth-order valence-electron chi connectivity index (χ4n) is 0.815. The van der Waals surface area contributed by atoms with Crippen LogP contribution in [0.3, 0.4) is 0 Å². The van der Waals surface area contributed by atoms with Crippen molar-refractivity contribution in [1.29, 1.82) is 0 Å². The number of Topliss-reactive ketones (excluding diaryl/α,β-unsaturated/α-hetero) is 1. The van der Waals surface area contributed by atoms with Crippen molar-refractivity contribution < 1.29 is 14.3 Å². The van der Waals surface area contributed by atoms with Crippen molar-refractivity contribution in [3.63, 3.8) is 0 Å². The van der Waals surface area contributed by atoms with Crippen molar-refractivity contribution in [3.8, 4) is 5.75 Å². The molecule has 0 saturated heterocycles. The van der Waals surface area contributed by atoms with E-state index in [0.717, 1.165) is 0 Å². The molecule has 0 saturated carbocycles. The average molecular weight is 212 g/mol. The number of benzene rings is 1. The molecule has 1 unspecified atom stereocenters. The van der Waals surface area contributed by atoms with E-state index in [4.69, 9.17) is 16.3 Å². The molecule has 0 bridgehead atoms. The number of ketones is 1. The molecular formula is C10H8ClO3. The highest BCUT2D eigenvalue weighted by Gasteiger charge is 2.36. The molecule has 73 valence electrons. The summed E-state index contributed by atoms with van der Waals surface area (Å²) in [4.78, 5) is 21.5. The third-order valence-electron chi connectivity index (χ3n) is 1.59. The van der Waals surface area contributed by atoms with Crippen molar-refractivity contribution >= 4 is 23.7 Å². The summed E-state index contributed by atoms with van der Waals surface area (Å²) in [6.45, 7) is 1.17. The van der Waals surface area contributed by atoms with Gasteiger partial charge in [-0.2, -0.15) is 0 Å². The summed E-state index contributed by atoms with van der Waals surface area (Å²) in [7, 11) is 0. The van der Waals surface area contributed by atoms with E-state index in [1.807, 2.05) is 0 Å². The third-order valence-corrected chi connectivity index (χ3v) is 2.01. The van der Waals surface area contributed by atoms with Crippen LogP contribution in [0.1, 0.15) is 6.92 Å². The van der Waals surface area contributed by atoms with Crippen LogP contribution >= 0.6 is 11.6 Å². The highest BCUT2D eigenvalue weighted by molar-refractivity contribution is 6.42. The molecule has 4 heteroatoms. The Morgan fingerprint density at radius 1 is 1.43 bits per heavy atom. The number of para-hydroxylation sites is 1. The van der Waals surface area contributed by atoms with Gasteiger partial charge in [-0.05, 0) is 12.1 Å². The van der Waals surface area contributed by atoms with E-state index in [1.165, 1.54) is 13.2 Å². The Kier molecular flexibility index (Phi) is 3.25. The Morgan fingerprint density at radius 3 is 2.43 bits per heavy atom. The second kappa shape index (κ2) is 4.24. The van der Waals surface area contributed by atoms with Gasteiger partial charge in [-0.3, -0.25) is 9.59 Å². The Labute approximate surface area is 86.6 Å². The number of ether oxygens (including phenoxy) is 1. The fraction of sp³-hybridized carbons (Fsp3) is 0.200. The van der Waals surface area contributed by atoms with Crippen molar-refractivity contribution in [2.75, 3.05) is 0 Å². The smallest absolute Gasteiger partial charge is 0.306 e. The first kappa shape index (κ1) is 10.7. The van der Waals surface area contributed by atoms with E-state index in [0.29, 0.717) is 5.75 Å². The predicted octanol–water partition coefficient (Wildman–Crippen LogP) is 1.70. The first-order valence-corrected chi connectivity index (χ1v) is 4.29. The van der Waals surface area contributed by atoms with Gasteiger partial charge < -0.3 is 4.74 Å². The molecule has 0 aliphatic carbocycles. The lowest BCUT2D eigenvalue weighted by atomic mass is 10.2. The zero-order valence-electron chi connectivity index (χ0n) is 7.49. The Morgan fingerprint density at radius 2 is 2.00 bits per heavy atom. The maximum atomic E-state index is 11.0. The van der Waals surface area contributed by atoms with Gasteiger partial charge in [-0.15, -0.1) is 0 Å². The summed E-state index contributed by atoms with van der Waals surface area (Å²) < 4.78 is 5.00. The molecule has 0 fully saturated rings. The minimum atomic E-state index is -2.03. The van der Waals surface area contributed by atoms with Gasteiger partial charge in [0.25, 0.3) is 6.29 Å². The molecule has 1 aromatic rings. The van der Waals surface area contributed by atoms with Crippen LogP contribution in [0.4, 0.5) is 0 Å². The first-order chi connectivity index (χ1) is 6.58. The normalized spacial score (nSPS) is 14.1. The maximum absolute atomic E-state index is 11.0. The van der Waals surface area contributed by atoms with Crippen molar-refractivity contribution in [1.82, 2.24) is 0 Å². The van der Waals surface area contributed by atoms with Gasteiger partial charge >= 0.3 is 5.06 Å². The topological polar surface area (TPSA) is 43.4 Å². The third kappa shape index (κ3) is 2.33. The van der Waals surface area contributed by atoms with Crippen LogP contribution in [0.5, 0.6) is 5.75 Å². The van der Waals surface area contributed by atoms with Crippen LogP contribution in [0.25, 0.3) is 0 Å². The summed E-state index contributed by atoms with van der Waals surface area (Å²) in [5.41, 5.74) is 0. The molecule has 0 N–H and O–H groups in total. The number of rotatable bonds is 4. The average Bonchev–Trinajstić information content (AvgIpc) is 2.19. The fourth-order valence-corrected chi connectivity index (χ4v) is 0.905. The summed E-state index contributed by atoms with van der Waals surface area (Å²) in [6.07, 6.45) is 1.37. The number of carbonyl (C=O) groups excluding carboxylic acids is 2. The molecule has 1 radical (unpaired) electrons. The van der Waals surface area contributed by atoms with Crippen molar-refractivity contribution in [2.24, 2.45) is 0 Å². The van der Waals surface area contributed by atoms with E-state index < -0.39 is 10.8 Å². The second-order valence-electron chi connectivity index (χ2n) is 2.67. The molecule has 1 atom stereocenters. The SMILES string of the molecule is CC(=O)C(Cl)([C]=O)Oc1ccccc1. The van der Waals surface area contributed by atoms with Gasteiger partial charge in [0.05, 0.1) is 0 Å². The molecule has 0 amide bonds. The molecule has 3 nitrogen and oxygen atoms in total. The molecule has 0 aliphatic rings. The largest absolute Gasteiger partial charge is 0.457 e. The zero-order valence-corrected chi connectivity index (χ0v) is 8.25. The van der Waals surface area contributed by atoms with Gasteiger partial charge in [-0.1, -0.05) is 29.8 Å². The van der Waals surface area contributed by atoms with Crippen LogP contribution < -0.4 is 4.74 Å². The summed E-state index contributed by atoms with van der Waals surface area (Å²) >= 11 is 5.60. The Hall–Kier alpha value is -1.35. The van der Waals surface area contributed by atoms with E-state index in [1.54, 1.807) is 30.3 Å². The number of carbonyl (C=O) groups is 1. The zero-order chi connectivity index (χ0) is 10.6. The number of hydrogen-bond acceptors (Lipinski definition) is 3. The number of halogens is 1. The predicted molar refractivity (Wildman–Crippen MR) is 52.0 cm³/mol. The molecule has 0 aromatic heterocycles. The van der Waals surface area contributed by atoms with Crippen LogP contribution in [0.15, 0.2) is 30.3 Å². The van der Waals surface area contributed by atoms with E-state index in [9.17, 15) is 9.59 Å². The monoisotopic (exact) mass is 211 g/mol. The number of hydrogen-bond donors (Lipinski definition) is 0. The molecule has 0 aliphatic heterocycles. The van der Waals surface area contributed by atoms with E-state index >= 15 is 0 Å². The van der Waals surface area contributed by atoms with Crippen LogP contribution in [0, 0.1) is 0 Å². The van der Waals surface area contributed by atoms with Gasteiger partial charge in [-0.25, -0.2) is 0 Å². The summed E-state index contributed by atoms with van der Waals surface area (Å²) in [5, 5.41) is -2.03. The molecular weight excluding hydrogens is 204 g/mol. The second-order valence-corrected chi connectivity index (χ2v) is 3.20. The molecule has 0 spiro atoms. The van der Waals surface area contributed by atoms with Crippen LogP contribution in [0.2, 0.25) is 0 Å². The molecule has 14 heavy (non-hydrogen) atoms. The lowest BCUT2D eigenvalue weighted by Crippen LogP contribution is -2.38. The van der Waals surface area contributed by atoms with Crippen LogP contribution in [-0.2, 0) is 9.59 Å². The Balaban J connectivity index is 2.86. The number of alkyl halides is 1. The van der Waals surface area contributed by atoms with Gasteiger partial charge in [0.2, 0.25) is 0 Å². The van der Waals surface area contributed by atoms with Crippen molar-refractivity contribution in [2.45, 2.75) is 12.0 Å². The highest BCUT2D eigenvalue weighted by atomic mass is 35.5. The van der Waals surface area contributed by atoms with Crippen molar-refractivity contribution in [3.05, 3.63) is 30.3 Å². The lowest BCUT2D eigenvalue weighted by Gasteiger charge is -2.17. The summed E-state index contributed by atoms with van der Waals surface area (Å²) in [5.74, 6) is -0.251. The minimum Gasteiger partial charge on any atom is -0.457 e. The lowest BCUT2D eigenvalue weighted by molar-refractivity contribution is -0.122. The van der Waals surface area contributed by atoms with E-state index in [2.05, 4.69) is 0 Å². The van der Waals surface area contributed by atoms with Gasteiger partial charge in [0.1, 0.15) is 5.75 Å².